The van der Waals surface area contributed by atoms with E-state index in [4.69, 9.17) is 0 Å². The normalized spacial score (nSPS) is 13.6. The number of thioether (sulfide) groups is 1. The van der Waals surface area contributed by atoms with Gasteiger partial charge in [-0.2, -0.15) is 11.8 Å². The molecule has 0 aliphatic heterocycles. The van der Waals surface area contributed by atoms with Gasteiger partial charge in [0.25, 0.3) is 0 Å². The molecule has 0 aliphatic carbocycles. The number of urea groups is 1. The Balaban J connectivity index is 2.40. The van der Waals surface area contributed by atoms with E-state index in [9.17, 15) is 9.90 Å². The van der Waals surface area contributed by atoms with Crippen LogP contribution in [0.3, 0.4) is 0 Å². The third-order valence-electron chi connectivity index (χ3n) is 2.85. The van der Waals surface area contributed by atoms with Crippen molar-refractivity contribution in [3.8, 4) is 0 Å². The minimum absolute atomic E-state index is 0.205. The van der Waals surface area contributed by atoms with Gasteiger partial charge >= 0.3 is 6.03 Å². The molecule has 0 aliphatic rings. The van der Waals surface area contributed by atoms with Crippen molar-refractivity contribution in [3.63, 3.8) is 0 Å². The van der Waals surface area contributed by atoms with Crippen molar-refractivity contribution in [2.24, 2.45) is 5.92 Å². The summed E-state index contributed by atoms with van der Waals surface area (Å²) in [4.78, 5) is 11.8. The molecule has 112 valence electrons. The van der Waals surface area contributed by atoms with Crippen LogP contribution in [0, 0.1) is 5.92 Å². The van der Waals surface area contributed by atoms with E-state index in [1.54, 1.807) is 18.7 Å². The number of anilines is 1. The Bertz CT molecular complexity index is 424. The molecule has 0 heterocycles. The number of hydrogen-bond donors (Lipinski definition) is 3. The van der Waals surface area contributed by atoms with Gasteiger partial charge in [-0.1, -0.05) is 19.1 Å². The summed E-state index contributed by atoms with van der Waals surface area (Å²) in [5.41, 5.74) is 2.00. The van der Waals surface area contributed by atoms with Crippen LogP contribution in [0.15, 0.2) is 24.3 Å². The summed E-state index contributed by atoms with van der Waals surface area (Å²) in [6.07, 6.45) is 2.40. The second-order valence-corrected chi connectivity index (χ2v) is 6.02. The minimum atomic E-state index is -0.335. The molecule has 0 unspecified atom stereocenters. The molecule has 2 atom stereocenters. The molecule has 1 rings (SSSR count). The Hall–Kier alpha value is -1.20. The molecule has 5 heteroatoms. The minimum Gasteiger partial charge on any atom is -0.393 e. The number of carbonyl (C=O) groups excluding carboxylic acids is 1. The number of aliphatic hydroxyl groups is 1. The lowest BCUT2D eigenvalue weighted by atomic mass is 10.1. The molecule has 0 fully saturated rings. The highest BCUT2D eigenvalue weighted by molar-refractivity contribution is 7.97. The van der Waals surface area contributed by atoms with Gasteiger partial charge in [-0.15, -0.1) is 0 Å². The van der Waals surface area contributed by atoms with Crippen LogP contribution in [-0.4, -0.2) is 30.0 Å². The smallest absolute Gasteiger partial charge is 0.319 e. The van der Waals surface area contributed by atoms with E-state index in [0.717, 1.165) is 11.4 Å². The van der Waals surface area contributed by atoms with Gasteiger partial charge in [0.05, 0.1) is 6.10 Å². The quantitative estimate of drug-likeness (QED) is 0.724. The Morgan fingerprint density at radius 2 is 2.15 bits per heavy atom. The fraction of sp³-hybridized carbons (Fsp3) is 0.533. The summed E-state index contributed by atoms with van der Waals surface area (Å²) >= 11 is 1.75. The van der Waals surface area contributed by atoms with Crippen LogP contribution in [0.4, 0.5) is 10.5 Å². The summed E-state index contributed by atoms with van der Waals surface area (Å²) in [6, 6.07) is 7.64. The first kappa shape index (κ1) is 16.9. The van der Waals surface area contributed by atoms with Gasteiger partial charge < -0.3 is 15.7 Å². The summed E-state index contributed by atoms with van der Waals surface area (Å²) in [7, 11) is 0. The van der Waals surface area contributed by atoms with E-state index in [2.05, 4.69) is 16.9 Å². The van der Waals surface area contributed by atoms with E-state index < -0.39 is 0 Å². The van der Waals surface area contributed by atoms with Gasteiger partial charge in [-0.25, -0.2) is 4.79 Å². The van der Waals surface area contributed by atoms with E-state index in [0.29, 0.717) is 13.0 Å². The summed E-state index contributed by atoms with van der Waals surface area (Å²) in [5, 5.41) is 14.9. The maximum Gasteiger partial charge on any atom is 0.319 e. The van der Waals surface area contributed by atoms with Crippen molar-refractivity contribution < 1.29 is 9.90 Å². The van der Waals surface area contributed by atoms with Gasteiger partial charge in [0.15, 0.2) is 0 Å². The molecular weight excluding hydrogens is 272 g/mol. The van der Waals surface area contributed by atoms with Crippen LogP contribution < -0.4 is 10.6 Å². The second kappa shape index (κ2) is 8.87. The SMILES string of the molecule is CSCc1cccc(NC(=O)NC[C@H](C)C[C@@H](C)O)c1. The highest BCUT2D eigenvalue weighted by Gasteiger charge is 2.08. The van der Waals surface area contributed by atoms with Gasteiger partial charge in [-0.3, -0.25) is 0 Å². The first-order valence-electron chi connectivity index (χ1n) is 6.82. The number of rotatable bonds is 7. The fourth-order valence-corrected chi connectivity index (χ4v) is 2.53. The maximum absolute atomic E-state index is 11.8. The number of benzene rings is 1. The standard InChI is InChI=1S/C15H24N2O2S/c1-11(7-12(2)18)9-16-15(19)17-14-6-4-5-13(8-14)10-20-3/h4-6,8,11-12,18H,7,9-10H2,1-3H3,(H2,16,17,19)/t11-,12-/m1/s1. The predicted molar refractivity (Wildman–Crippen MR) is 86.1 cm³/mol. The number of carbonyl (C=O) groups is 1. The van der Waals surface area contributed by atoms with E-state index in [1.807, 2.05) is 31.2 Å². The maximum atomic E-state index is 11.8. The third kappa shape index (κ3) is 6.82. The van der Waals surface area contributed by atoms with Crippen LogP contribution in [0.1, 0.15) is 25.8 Å². The topological polar surface area (TPSA) is 61.4 Å². The molecule has 0 saturated carbocycles. The largest absolute Gasteiger partial charge is 0.393 e. The molecule has 2 amide bonds. The van der Waals surface area contributed by atoms with Gasteiger partial charge in [0.2, 0.25) is 0 Å². The van der Waals surface area contributed by atoms with E-state index >= 15 is 0 Å². The van der Waals surface area contributed by atoms with Crippen molar-refractivity contribution in [2.75, 3.05) is 18.1 Å². The van der Waals surface area contributed by atoms with Crippen LogP contribution in [-0.2, 0) is 5.75 Å². The summed E-state index contributed by atoms with van der Waals surface area (Å²) in [5.74, 6) is 1.19. The van der Waals surface area contributed by atoms with Crippen molar-refractivity contribution >= 4 is 23.5 Å². The van der Waals surface area contributed by atoms with Crippen molar-refractivity contribution in [1.82, 2.24) is 5.32 Å². The zero-order valence-electron chi connectivity index (χ0n) is 12.3. The number of aliphatic hydroxyl groups excluding tert-OH is 1. The molecule has 0 radical (unpaired) electrons. The van der Waals surface area contributed by atoms with Gasteiger partial charge in [-0.05, 0) is 43.2 Å². The molecule has 1 aromatic carbocycles. The van der Waals surface area contributed by atoms with Gasteiger partial charge in [0.1, 0.15) is 0 Å². The Labute approximate surface area is 125 Å². The molecule has 3 N–H and O–H groups in total. The number of amides is 2. The number of nitrogens with one attached hydrogen (secondary N) is 2. The lowest BCUT2D eigenvalue weighted by molar-refractivity contribution is 0.163. The third-order valence-corrected chi connectivity index (χ3v) is 3.47. The molecule has 4 nitrogen and oxygen atoms in total. The average Bonchev–Trinajstić information content (AvgIpc) is 2.36. The predicted octanol–water partition coefficient (Wildman–Crippen LogP) is 3.08. The lowest BCUT2D eigenvalue weighted by Crippen LogP contribution is -2.33. The summed E-state index contributed by atoms with van der Waals surface area (Å²) in [6.45, 7) is 4.32. The Morgan fingerprint density at radius 3 is 2.80 bits per heavy atom. The molecule has 0 aromatic heterocycles. The first-order chi connectivity index (χ1) is 9.51. The highest BCUT2D eigenvalue weighted by Crippen LogP contribution is 2.14. The lowest BCUT2D eigenvalue weighted by Gasteiger charge is -2.15. The Morgan fingerprint density at radius 1 is 1.40 bits per heavy atom. The van der Waals surface area contributed by atoms with Crippen molar-refractivity contribution in [3.05, 3.63) is 29.8 Å². The first-order valence-corrected chi connectivity index (χ1v) is 8.21. The molecule has 1 aromatic rings. The molecule has 0 spiro atoms. The van der Waals surface area contributed by atoms with Crippen LogP contribution in [0.5, 0.6) is 0 Å². The second-order valence-electron chi connectivity index (χ2n) is 5.16. The fourth-order valence-electron chi connectivity index (χ4n) is 2.01. The molecule has 0 bridgehead atoms. The zero-order chi connectivity index (χ0) is 15.0. The average molecular weight is 296 g/mol. The van der Waals surface area contributed by atoms with Crippen molar-refractivity contribution in [2.45, 2.75) is 32.1 Å². The van der Waals surface area contributed by atoms with Crippen LogP contribution in [0.2, 0.25) is 0 Å². The van der Waals surface area contributed by atoms with E-state index in [1.165, 1.54) is 5.56 Å². The van der Waals surface area contributed by atoms with Gasteiger partial charge in [0, 0.05) is 18.0 Å². The molecule has 0 saturated heterocycles. The zero-order valence-corrected chi connectivity index (χ0v) is 13.2. The van der Waals surface area contributed by atoms with Crippen LogP contribution >= 0.6 is 11.8 Å². The van der Waals surface area contributed by atoms with Crippen molar-refractivity contribution in [1.29, 1.82) is 0 Å². The highest BCUT2D eigenvalue weighted by atomic mass is 32.2. The monoisotopic (exact) mass is 296 g/mol. The molecule has 20 heavy (non-hydrogen) atoms. The van der Waals surface area contributed by atoms with E-state index in [-0.39, 0.29) is 18.1 Å². The molecular formula is C15H24N2O2S. The number of hydrogen-bond acceptors (Lipinski definition) is 3. The Kier molecular flexibility index (Phi) is 7.47. The summed E-state index contributed by atoms with van der Waals surface area (Å²) < 4.78 is 0. The van der Waals surface area contributed by atoms with Crippen LogP contribution in [0.25, 0.3) is 0 Å².